The highest BCUT2D eigenvalue weighted by Gasteiger charge is 2.17. The lowest BCUT2D eigenvalue weighted by Gasteiger charge is -2.15. The second-order valence-electron chi connectivity index (χ2n) is 2.91. The number of hydrogen-bond acceptors (Lipinski definition) is 2. The minimum absolute atomic E-state index is 0.0680. The fourth-order valence-electron chi connectivity index (χ4n) is 1.12. The summed E-state index contributed by atoms with van der Waals surface area (Å²) in [7, 11) is 0. The van der Waals surface area contributed by atoms with Gasteiger partial charge in [-0.2, -0.15) is 0 Å². The molecule has 1 aliphatic heterocycles. The number of rotatable bonds is 3. The third-order valence-electron chi connectivity index (χ3n) is 1.85. The third kappa shape index (κ3) is 2.77. The Morgan fingerprint density at radius 1 is 1.50 bits per heavy atom. The normalized spacial score (nSPS) is 18.0. The quantitative estimate of drug-likeness (QED) is 0.586. The van der Waals surface area contributed by atoms with Crippen LogP contribution in [0.3, 0.4) is 0 Å². The van der Waals surface area contributed by atoms with Crippen LogP contribution in [0, 0.1) is 0 Å². The average Bonchev–Trinajstić information content (AvgIpc) is 2.07. The van der Waals surface area contributed by atoms with Crippen molar-refractivity contribution in [3.05, 3.63) is 9.34 Å². The lowest BCUT2D eigenvalue weighted by Crippen LogP contribution is -2.10. The smallest absolute Gasteiger partial charge is 0.311 e. The summed E-state index contributed by atoms with van der Waals surface area (Å²) in [5, 5.41) is 0. The number of carbonyl (C=O) groups excluding carboxylic acids is 1. The fraction of sp³-hybridized carbons (Fsp3) is 0.667. The van der Waals surface area contributed by atoms with Gasteiger partial charge in [0, 0.05) is 10.0 Å². The Bertz CT molecular complexity index is 209. The van der Waals surface area contributed by atoms with E-state index in [1.807, 2.05) is 0 Å². The van der Waals surface area contributed by atoms with Gasteiger partial charge in [0.15, 0.2) is 0 Å². The number of ether oxygens (including phenoxy) is 1. The predicted octanol–water partition coefficient (Wildman–Crippen LogP) is 3.16. The van der Waals surface area contributed by atoms with Gasteiger partial charge >= 0.3 is 5.97 Å². The second kappa shape index (κ2) is 4.84. The van der Waals surface area contributed by atoms with Crippen LogP contribution in [-0.2, 0) is 9.53 Å². The molecule has 12 heavy (non-hydrogen) atoms. The molecule has 0 saturated heterocycles. The van der Waals surface area contributed by atoms with E-state index in [4.69, 9.17) is 4.74 Å². The molecule has 0 atom stereocenters. The standard InChI is InChI=1S/C9H13IO2/c1-2-3-4-8-7(10)5-6-9(11)12-8/h2-6H2,1H3. The Balaban J connectivity index is 2.52. The Labute approximate surface area is 86.5 Å². The highest BCUT2D eigenvalue weighted by Crippen LogP contribution is 2.28. The average molecular weight is 280 g/mol. The Hall–Kier alpha value is -0.0600. The topological polar surface area (TPSA) is 26.3 Å². The molecule has 0 spiro atoms. The van der Waals surface area contributed by atoms with Gasteiger partial charge in [-0.05, 0) is 35.4 Å². The highest BCUT2D eigenvalue weighted by molar-refractivity contribution is 14.1. The summed E-state index contributed by atoms with van der Waals surface area (Å²) < 4.78 is 6.36. The van der Waals surface area contributed by atoms with Crippen molar-refractivity contribution in [1.82, 2.24) is 0 Å². The Kier molecular flexibility index (Phi) is 4.05. The van der Waals surface area contributed by atoms with Gasteiger partial charge in [0.1, 0.15) is 5.76 Å². The number of cyclic esters (lactones) is 1. The van der Waals surface area contributed by atoms with Crippen LogP contribution in [0.25, 0.3) is 0 Å². The minimum atomic E-state index is -0.0680. The summed E-state index contributed by atoms with van der Waals surface area (Å²) in [6.07, 6.45) is 4.59. The van der Waals surface area contributed by atoms with Gasteiger partial charge in [0.2, 0.25) is 0 Å². The van der Waals surface area contributed by atoms with Crippen LogP contribution in [0.4, 0.5) is 0 Å². The van der Waals surface area contributed by atoms with Crippen LogP contribution in [0.5, 0.6) is 0 Å². The van der Waals surface area contributed by atoms with Gasteiger partial charge in [0.25, 0.3) is 0 Å². The molecule has 0 amide bonds. The van der Waals surface area contributed by atoms with Gasteiger partial charge < -0.3 is 4.74 Å². The zero-order chi connectivity index (χ0) is 8.97. The van der Waals surface area contributed by atoms with Crippen LogP contribution in [-0.4, -0.2) is 5.97 Å². The molecule has 1 aliphatic rings. The molecule has 0 fully saturated rings. The van der Waals surface area contributed by atoms with E-state index in [9.17, 15) is 4.79 Å². The van der Waals surface area contributed by atoms with Crippen molar-refractivity contribution in [2.24, 2.45) is 0 Å². The molecule has 0 N–H and O–H groups in total. The fourth-order valence-corrected chi connectivity index (χ4v) is 1.77. The number of esters is 1. The maximum atomic E-state index is 10.9. The summed E-state index contributed by atoms with van der Waals surface area (Å²) in [6.45, 7) is 2.14. The van der Waals surface area contributed by atoms with Crippen LogP contribution >= 0.6 is 22.6 Å². The SMILES string of the molecule is CCCCC1=C(I)CCC(=O)O1. The molecule has 0 aromatic rings. The van der Waals surface area contributed by atoms with Crippen LogP contribution in [0.15, 0.2) is 9.34 Å². The summed E-state index contributed by atoms with van der Waals surface area (Å²) in [5.74, 6) is 0.843. The molecule has 0 aromatic carbocycles. The maximum absolute atomic E-state index is 10.9. The first-order valence-electron chi connectivity index (χ1n) is 4.32. The number of halogens is 1. The summed E-state index contributed by atoms with van der Waals surface area (Å²) in [5.41, 5.74) is 0. The van der Waals surface area contributed by atoms with Crippen molar-refractivity contribution in [2.75, 3.05) is 0 Å². The van der Waals surface area contributed by atoms with Crippen LogP contribution in [0.2, 0.25) is 0 Å². The van der Waals surface area contributed by atoms with Gasteiger partial charge in [0.05, 0.1) is 6.42 Å². The molecule has 3 heteroatoms. The van der Waals surface area contributed by atoms with E-state index >= 15 is 0 Å². The van der Waals surface area contributed by atoms with Crippen LogP contribution < -0.4 is 0 Å². The first kappa shape index (κ1) is 10.0. The van der Waals surface area contributed by atoms with Crippen molar-refractivity contribution in [1.29, 1.82) is 0 Å². The second-order valence-corrected chi connectivity index (χ2v) is 4.21. The predicted molar refractivity (Wildman–Crippen MR) is 55.9 cm³/mol. The molecule has 1 heterocycles. The maximum Gasteiger partial charge on any atom is 0.311 e. The van der Waals surface area contributed by atoms with Gasteiger partial charge in [-0.1, -0.05) is 13.3 Å². The molecular weight excluding hydrogens is 267 g/mol. The molecule has 0 aliphatic carbocycles. The molecule has 0 unspecified atom stereocenters. The molecule has 68 valence electrons. The molecule has 0 radical (unpaired) electrons. The van der Waals surface area contributed by atoms with E-state index in [0.29, 0.717) is 6.42 Å². The molecule has 2 nitrogen and oxygen atoms in total. The number of unbranched alkanes of at least 4 members (excludes halogenated alkanes) is 1. The summed E-state index contributed by atoms with van der Waals surface area (Å²) >= 11 is 2.27. The third-order valence-corrected chi connectivity index (χ3v) is 2.99. The van der Waals surface area contributed by atoms with Crippen molar-refractivity contribution in [3.63, 3.8) is 0 Å². The lowest BCUT2D eigenvalue weighted by atomic mass is 10.1. The Morgan fingerprint density at radius 2 is 2.25 bits per heavy atom. The number of allylic oxidation sites excluding steroid dienone is 2. The molecule has 1 rings (SSSR count). The Morgan fingerprint density at radius 3 is 2.92 bits per heavy atom. The van der Waals surface area contributed by atoms with Crippen molar-refractivity contribution < 1.29 is 9.53 Å². The lowest BCUT2D eigenvalue weighted by molar-refractivity contribution is -0.140. The van der Waals surface area contributed by atoms with Crippen molar-refractivity contribution in [3.8, 4) is 0 Å². The molecule has 0 bridgehead atoms. The first-order valence-corrected chi connectivity index (χ1v) is 5.40. The summed E-state index contributed by atoms with van der Waals surface area (Å²) in [4.78, 5) is 10.9. The van der Waals surface area contributed by atoms with Crippen molar-refractivity contribution in [2.45, 2.75) is 39.0 Å². The zero-order valence-corrected chi connectivity index (χ0v) is 9.39. The number of hydrogen-bond donors (Lipinski definition) is 0. The van der Waals surface area contributed by atoms with Gasteiger partial charge in [-0.15, -0.1) is 0 Å². The molecular formula is C9H13IO2. The van der Waals surface area contributed by atoms with E-state index in [1.165, 1.54) is 3.58 Å². The largest absolute Gasteiger partial charge is 0.430 e. The number of carbonyl (C=O) groups is 1. The zero-order valence-electron chi connectivity index (χ0n) is 7.23. The minimum Gasteiger partial charge on any atom is -0.430 e. The molecule has 0 saturated carbocycles. The monoisotopic (exact) mass is 280 g/mol. The van der Waals surface area contributed by atoms with E-state index in [0.717, 1.165) is 31.4 Å². The molecule has 0 aromatic heterocycles. The van der Waals surface area contributed by atoms with E-state index in [2.05, 4.69) is 29.5 Å². The van der Waals surface area contributed by atoms with Gasteiger partial charge in [-0.3, -0.25) is 4.79 Å². The van der Waals surface area contributed by atoms with E-state index in [-0.39, 0.29) is 5.97 Å². The van der Waals surface area contributed by atoms with Gasteiger partial charge in [-0.25, -0.2) is 0 Å². The van der Waals surface area contributed by atoms with Crippen molar-refractivity contribution >= 4 is 28.6 Å². The van der Waals surface area contributed by atoms with E-state index < -0.39 is 0 Å². The van der Waals surface area contributed by atoms with E-state index in [1.54, 1.807) is 0 Å². The summed E-state index contributed by atoms with van der Waals surface area (Å²) in [6, 6.07) is 0. The van der Waals surface area contributed by atoms with Crippen LogP contribution in [0.1, 0.15) is 39.0 Å². The first-order chi connectivity index (χ1) is 5.74. The highest BCUT2D eigenvalue weighted by atomic mass is 127.